The first-order valence-electron chi connectivity index (χ1n) is 5.22. The molecule has 0 unspecified atom stereocenters. The van der Waals surface area contributed by atoms with Gasteiger partial charge in [-0.15, -0.1) is 0 Å². The van der Waals surface area contributed by atoms with E-state index < -0.39 is 0 Å². The molecule has 92 valence electrons. The molecule has 0 spiro atoms. The fourth-order valence-corrected chi connectivity index (χ4v) is 2.74. The zero-order chi connectivity index (χ0) is 13.0. The largest absolute Gasteiger partial charge is 0.311 e. The maximum Gasteiger partial charge on any atom is 0.201 e. The lowest BCUT2D eigenvalue weighted by Crippen LogP contribution is -1.92. The van der Waals surface area contributed by atoms with Crippen LogP contribution >= 0.6 is 36.2 Å². The zero-order valence-corrected chi connectivity index (χ0v) is 11.9. The minimum absolute atomic E-state index is 0.406. The van der Waals surface area contributed by atoms with E-state index in [0.717, 1.165) is 16.5 Å². The third-order valence-electron chi connectivity index (χ3n) is 2.23. The molecule has 0 aliphatic rings. The number of aromatic nitrogens is 3. The summed E-state index contributed by atoms with van der Waals surface area (Å²) in [4.78, 5) is 9.90. The fourth-order valence-electron chi connectivity index (χ4n) is 1.34. The summed E-state index contributed by atoms with van der Waals surface area (Å²) in [5.74, 6) is 0.814. The molecule has 1 aromatic carbocycles. The van der Waals surface area contributed by atoms with Crippen molar-refractivity contribution in [2.24, 2.45) is 0 Å². The van der Waals surface area contributed by atoms with Gasteiger partial charge in [-0.3, -0.25) is 0 Å². The molecule has 18 heavy (non-hydrogen) atoms. The maximum absolute atomic E-state index is 5.01. The van der Waals surface area contributed by atoms with Gasteiger partial charge in [0.15, 0.2) is 9.93 Å². The molecule has 0 atom stereocenters. The first-order valence-corrected chi connectivity index (χ1v) is 7.02. The molecule has 3 nitrogen and oxygen atoms in total. The van der Waals surface area contributed by atoms with Crippen molar-refractivity contribution >= 4 is 42.3 Å². The Morgan fingerprint density at radius 1 is 1.22 bits per heavy atom. The van der Waals surface area contributed by atoms with E-state index in [1.807, 2.05) is 18.2 Å². The van der Waals surface area contributed by atoms with Gasteiger partial charge in [0.2, 0.25) is 4.77 Å². The van der Waals surface area contributed by atoms with Gasteiger partial charge in [-0.2, -0.15) is 4.98 Å². The lowest BCUT2D eigenvalue weighted by atomic mass is 10.1. The van der Waals surface area contributed by atoms with Gasteiger partial charge >= 0.3 is 0 Å². The van der Waals surface area contributed by atoms with Crippen LogP contribution in [0.2, 0.25) is 0 Å². The quantitative estimate of drug-likeness (QED) is 0.657. The molecule has 0 fully saturated rings. The van der Waals surface area contributed by atoms with Crippen LogP contribution in [0.3, 0.4) is 0 Å². The summed E-state index contributed by atoms with van der Waals surface area (Å²) in [6.07, 6.45) is 1.83. The van der Waals surface area contributed by atoms with Crippen molar-refractivity contribution in [2.75, 3.05) is 0 Å². The number of benzene rings is 1. The van der Waals surface area contributed by atoms with Gasteiger partial charge in [0.1, 0.15) is 0 Å². The normalized spacial score (nSPS) is 10.2. The van der Waals surface area contributed by atoms with Gasteiger partial charge in [-0.25, -0.2) is 0 Å². The minimum Gasteiger partial charge on any atom is -0.311 e. The van der Waals surface area contributed by atoms with Crippen LogP contribution in [0.15, 0.2) is 36.0 Å². The Morgan fingerprint density at radius 2 is 1.94 bits per heavy atom. The van der Waals surface area contributed by atoms with Gasteiger partial charge in [0, 0.05) is 5.75 Å². The summed E-state index contributed by atoms with van der Waals surface area (Å²) < 4.78 is 0.905. The van der Waals surface area contributed by atoms with E-state index in [2.05, 4.69) is 33.7 Å². The standard InChI is InChI=1S/C12H11N3S3/c1-2-8-3-5-9(6-4-8)7-18-12-14-10(16)13-11(17)15-12/h2-6H,1,7H2,(H2,13,14,15,16,17). The van der Waals surface area contributed by atoms with Gasteiger partial charge in [0.25, 0.3) is 0 Å². The Bertz CT molecular complexity index is 627. The Hall–Kier alpha value is -1.24. The number of nitrogens with zero attached hydrogens (tertiary/aromatic N) is 1. The minimum atomic E-state index is 0.406. The molecular formula is C12H11N3S3. The topological polar surface area (TPSA) is 44.5 Å². The van der Waals surface area contributed by atoms with Crippen molar-refractivity contribution in [3.05, 3.63) is 51.5 Å². The Kier molecular flexibility index (Phi) is 4.46. The second-order valence-corrected chi connectivity index (χ2v) is 5.29. The van der Waals surface area contributed by atoms with Crippen LogP contribution in [0.25, 0.3) is 6.08 Å². The van der Waals surface area contributed by atoms with E-state index in [0.29, 0.717) is 9.54 Å². The summed E-state index contributed by atoms with van der Waals surface area (Å²) >= 11 is 11.6. The van der Waals surface area contributed by atoms with Crippen LogP contribution in [0.1, 0.15) is 11.1 Å². The number of H-pyrrole nitrogens is 2. The van der Waals surface area contributed by atoms with Gasteiger partial charge in [-0.05, 0) is 35.6 Å². The van der Waals surface area contributed by atoms with Crippen molar-refractivity contribution in [1.82, 2.24) is 15.0 Å². The highest BCUT2D eigenvalue weighted by molar-refractivity contribution is 7.98. The lowest BCUT2D eigenvalue weighted by molar-refractivity contribution is 0.872. The Balaban J connectivity index is 2.08. The number of hydrogen-bond acceptors (Lipinski definition) is 4. The van der Waals surface area contributed by atoms with Crippen LogP contribution in [0, 0.1) is 9.54 Å². The van der Waals surface area contributed by atoms with Crippen LogP contribution in [0.5, 0.6) is 0 Å². The van der Waals surface area contributed by atoms with E-state index in [4.69, 9.17) is 24.4 Å². The molecule has 0 aliphatic carbocycles. The zero-order valence-electron chi connectivity index (χ0n) is 9.47. The molecule has 2 aromatic rings. The molecule has 0 saturated heterocycles. The number of nitrogens with one attached hydrogen (secondary N) is 2. The molecular weight excluding hydrogens is 282 g/mol. The summed E-state index contributed by atoms with van der Waals surface area (Å²) in [5.41, 5.74) is 2.33. The lowest BCUT2D eigenvalue weighted by Gasteiger charge is -2.02. The second-order valence-electron chi connectivity index (χ2n) is 3.54. The monoisotopic (exact) mass is 293 g/mol. The molecule has 6 heteroatoms. The van der Waals surface area contributed by atoms with E-state index in [-0.39, 0.29) is 0 Å². The SMILES string of the molecule is C=Cc1ccc(CSc2nc(=S)[nH]c(=S)[nH]2)cc1. The van der Waals surface area contributed by atoms with Crippen LogP contribution in [-0.2, 0) is 5.75 Å². The number of thioether (sulfide) groups is 1. The van der Waals surface area contributed by atoms with Gasteiger partial charge < -0.3 is 9.97 Å². The summed E-state index contributed by atoms with van der Waals surface area (Å²) in [7, 11) is 0. The van der Waals surface area contributed by atoms with E-state index in [1.54, 1.807) is 11.8 Å². The Labute approximate surface area is 119 Å². The van der Waals surface area contributed by atoms with Crippen LogP contribution in [0.4, 0.5) is 0 Å². The molecule has 0 aliphatic heterocycles. The number of aromatic amines is 2. The molecule has 2 rings (SSSR count). The second kappa shape index (κ2) is 6.08. The summed E-state index contributed by atoms with van der Waals surface area (Å²) in [5, 5.41) is 0.733. The summed E-state index contributed by atoms with van der Waals surface area (Å²) in [6.45, 7) is 3.73. The molecule has 0 radical (unpaired) electrons. The van der Waals surface area contributed by atoms with Crippen LogP contribution < -0.4 is 0 Å². The molecule has 0 saturated carbocycles. The average molecular weight is 293 g/mol. The highest BCUT2D eigenvalue weighted by atomic mass is 32.2. The molecule has 1 aromatic heterocycles. The molecule has 0 amide bonds. The maximum atomic E-state index is 5.01. The first-order chi connectivity index (χ1) is 8.67. The summed E-state index contributed by atoms with van der Waals surface area (Å²) in [6, 6.07) is 8.22. The fraction of sp³-hybridized carbons (Fsp3) is 0.0833. The first kappa shape index (κ1) is 13.2. The predicted octanol–water partition coefficient (Wildman–Crippen LogP) is 4.13. The smallest absolute Gasteiger partial charge is 0.201 e. The number of hydrogen-bond donors (Lipinski definition) is 2. The molecule has 0 bridgehead atoms. The average Bonchev–Trinajstić information content (AvgIpc) is 2.36. The van der Waals surface area contributed by atoms with Crippen molar-refractivity contribution in [3.8, 4) is 0 Å². The van der Waals surface area contributed by atoms with Crippen molar-refractivity contribution in [2.45, 2.75) is 10.9 Å². The highest BCUT2D eigenvalue weighted by Gasteiger charge is 1.98. The number of rotatable bonds is 4. The van der Waals surface area contributed by atoms with Crippen molar-refractivity contribution in [3.63, 3.8) is 0 Å². The molecule has 2 N–H and O–H groups in total. The van der Waals surface area contributed by atoms with E-state index >= 15 is 0 Å². The Morgan fingerprint density at radius 3 is 2.56 bits per heavy atom. The van der Waals surface area contributed by atoms with Crippen molar-refractivity contribution in [1.29, 1.82) is 0 Å². The van der Waals surface area contributed by atoms with Gasteiger partial charge in [-0.1, -0.05) is 48.7 Å². The third kappa shape index (κ3) is 3.63. The van der Waals surface area contributed by atoms with Gasteiger partial charge in [0.05, 0.1) is 0 Å². The predicted molar refractivity (Wildman–Crippen MR) is 80.7 cm³/mol. The van der Waals surface area contributed by atoms with Crippen LogP contribution in [-0.4, -0.2) is 15.0 Å². The van der Waals surface area contributed by atoms with Crippen molar-refractivity contribution < 1.29 is 0 Å². The third-order valence-corrected chi connectivity index (χ3v) is 3.58. The molecule has 1 heterocycles. The van der Waals surface area contributed by atoms with E-state index in [1.165, 1.54) is 5.56 Å². The highest BCUT2D eigenvalue weighted by Crippen LogP contribution is 2.19. The van der Waals surface area contributed by atoms with E-state index in [9.17, 15) is 0 Å².